The first-order chi connectivity index (χ1) is 17.3. The number of phenols is 2. The number of nitrogens with zero attached hydrogens (tertiary/aromatic N) is 2. The number of rotatable bonds is 6. The van der Waals surface area contributed by atoms with Crippen molar-refractivity contribution < 1.29 is 24.1 Å². The number of halogens is 2. The molecule has 1 aliphatic heterocycles. The molecule has 5 rings (SSSR count). The molecule has 4 aromatic rings. The average molecular weight is 508 g/mol. The van der Waals surface area contributed by atoms with Crippen LogP contribution >= 0.6 is 11.6 Å². The van der Waals surface area contributed by atoms with Gasteiger partial charge in [-0.1, -0.05) is 29.8 Å². The highest BCUT2D eigenvalue weighted by atomic mass is 35.5. The third kappa shape index (κ3) is 4.03. The summed E-state index contributed by atoms with van der Waals surface area (Å²) in [5.41, 5.74) is 3.72. The second-order valence-corrected chi connectivity index (χ2v) is 9.01. The molecule has 1 amide bonds. The van der Waals surface area contributed by atoms with Crippen molar-refractivity contribution in [3.63, 3.8) is 0 Å². The minimum absolute atomic E-state index is 0.0184. The molecule has 1 atom stereocenters. The predicted molar refractivity (Wildman–Crippen MR) is 133 cm³/mol. The normalized spacial score (nSPS) is 14.8. The number of nitrogens with one attached hydrogen (secondary N) is 1. The maximum absolute atomic E-state index is 13.6. The predicted octanol–water partition coefficient (Wildman–Crippen LogP) is 5.73. The van der Waals surface area contributed by atoms with Crippen LogP contribution in [0.5, 0.6) is 17.2 Å². The largest absolute Gasteiger partial charge is 0.507 e. The lowest BCUT2D eigenvalue weighted by Gasteiger charge is -2.27. The summed E-state index contributed by atoms with van der Waals surface area (Å²) in [7, 11) is 0. The van der Waals surface area contributed by atoms with E-state index in [1.165, 1.54) is 18.2 Å². The van der Waals surface area contributed by atoms with Crippen molar-refractivity contribution in [2.75, 3.05) is 6.61 Å². The van der Waals surface area contributed by atoms with E-state index in [0.717, 1.165) is 5.56 Å². The summed E-state index contributed by atoms with van der Waals surface area (Å²) in [5.74, 6) is -0.433. The fourth-order valence-corrected chi connectivity index (χ4v) is 4.69. The molecule has 0 fully saturated rings. The second-order valence-electron chi connectivity index (χ2n) is 8.60. The van der Waals surface area contributed by atoms with Crippen LogP contribution in [0.1, 0.15) is 45.7 Å². The van der Waals surface area contributed by atoms with Gasteiger partial charge in [-0.25, -0.2) is 4.39 Å². The van der Waals surface area contributed by atoms with Gasteiger partial charge in [0.05, 0.1) is 12.6 Å². The standard InChI is InChI=1S/C27H23ClFN3O4/c1-3-36-22-11-16(6-9-20(22)33)26-23-24(18-12-19(28)14(2)10-21(18)34)30-31-25(23)27(35)32(26)13-15-4-7-17(29)8-5-15/h4-12,26,33-34H,3,13H2,1-2H3,(H,30,31). The number of amides is 1. The lowest BCUT2D eigenvalue weighted by atomic mass is 9.94. The maximum Gasteiger partial charge on any atom is 0.273 e. The average Bonchev–Trinajstić information content (AvgIpc) is 3.38. The highest BCUT2D eigenvalue weighted by Gasteiger charge is 2.43. The third-order valence-corrected chi connectivity index (χ3v) is 6.67. The van der Waals surface area contributed by atoms with Crippen molar-refractivity contribution in [2.45, 2.75) is 26.4 Å². The van der Waals surface area contributed by atoms with Crippen molar-refractivity contribution in [1.82, 2.24) is 15.1 Å². The van der Waals surface area contributed by atoms with Gasteiger partial charge in [0.2, 0.25) is 0 Å². The lowest BCUT2D eigenvalue weighted by Crippen LogP contribution is -2.29. The number of aromatic hydroxyl groups is 2. The number of fused-ring (bicyclic) bond motifs is 1. The van der Waals surface area contributed by atoms with Gasteiger partial charge in [0.1, 0.15) is 23.0 Å². The zero-order valence-corrected chi connectivity index (χ0v) is 20.3. The summed E-state index contributed by atoms with van der Waals surface area (Å²) >= 11 is 6.36. The Morgan fingerprint density at radius 3 is 2.58 bits per heavy atom. The van der Waals surface area contributed by atoms with Gasteiger partial charge < -0.3 is 19.8 Å². The number of aryl methyl sites for hydroxylation is 1. The van der Waals surface area contributed by atoms with Gasteiger partial charge in [0.15, 0.2) is 11.5 Å². The quantitative estimate of drug-likeness (QED) is 0.309. The Kier molecular flexibility index (Phi) is 6.05. The Morgan fingerprint density at radius 2 is 1.86 bits per heavy atom. The number of hydrogen-bond donors (Lipinski definition) is 3. The molecule has 7 nitrogen and oxygen atoms in total. The summed E-state index contributed by atoms with van der Waals surface area (Å²) < 4.78 is 19.1. The highest BCUT2D eigenvalue weighted by Crippen LogP contribution is 2.47. The SMILES string of the molecule is CCOc1cc(C2c3c(-c4cc(Cl)c(C)cc4O)n[nH]c3C(=O)N2Cc2ccc(F)cc2)ccc1O. The number of H-pyrrole nitrogens is 1. The topological polar surface area (TPSA) is 98.7 Å². The van der Waals surface area contributed by atoms with E-state index in [0.29, 0.717) is 39.6 Å². The molecule has 2 heterocycles. The van der Waals surface area contributed by atoms with Crippen LogP contribution in [0.4, 0.5) is 4.39 Å². The number of carbonyl (C=O) groups excluding carboxylic acids is 1. The number of benzene rings is 3. The smallest absolute Gasteiger partial charge is 0.273 e. The lowest BCUT2D eigenvalue weighted by molar-refractivity contribution is 0.0730. The van der Waals surface area contributed by atoms with Crippen LogP contribution in [0.2, 0.25) is 5.02 Å². The van der Waals surface area contributed by atoms with Gasteiger partial charge >= 0.3 is 0 Å². The minimum atomic E-state index is -0.634. The number of ether oxygens (including phenoxy) is 1. The van der Waals surface area contributed by atoms with Gasteiger partial charge in [-0.2, -0.15) is 5.10 Å². The van der Waals surface area contributed by atoms with Crippen molar-refractivity contribution >= 4 is 17.5 Å². The van der Waals surface area contributed by atoms with E-state index < -0.39 is 6.04 Å². The summed E-state index contributed by atoms with van der Waals surface area (Å²) in [4.78, 5) is 15.2. The molecule has 0 bridgehead atoms. The van der Waals surface area contributed by atoms with Gasteiger partial charge in [-0.05, 0) is 66.9 Å². The van der Waals surface area contributed by atoms with Gasteiger partial charge in [0.25, 0.3) is 5.91 Å². The number of aromatic amines is 1. The molecule has 0 radical (unpaired) electrons. The maximum atomic E-state index is 13.6. The van der Waals surface area contributed by atoms with Crippen molar-refractivity contribution in [1.29, 1.82) is 0 Å². The fourth-order valence-electron chi connectivity index (χ4n) is 4.53. The first-order valence-corrected chi connectivity index (χ1v) is 11.7. The first-order valence-electron chi connectivity index (χ1n) is 11.4. The molecule has 3 N–H and O–H groups in total. The molecule has 0 spiro atoms. The number of aromatic nitrogens is 2. The minimum Gasteiger partial charge on any atom is -0.507 e. The van der Waals surface area contributed by atoms with Crippen LogP contribution in [-0.2, 0) is 6.54 Å². The van der Waals surface area contributed by atoms with Crippen LogP contribution in [0.15, 0.2) is 54.6 Å². The first kappa shape index (κ1) is 23.7. The van der Waals surface area contributed by atoms with E-state index in [1.54, 1.807) is 48.2 Å². The zero-order valence-electron chi connectivity index (χ0n) is 19.5. The molecule has 0 saturated heterocycles. The molecule has 0 saturated carbocycles. The molecule has 184 valence electrons. The summed E-state index contributed by atoms with van der Waals surface area (Å²) in [6.45, 7) is 4.13. The van der Waals surface area contributed by atoms with Crippen LogP contribution in [0.3, 0.4) is 0 Å². The van der Waals surface area contributed by atoms with E-state index in [2.05, 4.69) is 10.2 Å². The molecular weight excluding hydrogens is 485 g/mol. The van der Waals surface area contributed by atoms with Gasteiger partial charge in [-0.3, -0.25) is 9.89 Å². The summed E-state index contributed by atoms with van der Waals surface area (Å²) in [6, 6.07) is 13.4. The van der Waals surface area contributed by atoms with Crippen LogP contribution in [0, 0.1) is 12.7 Å². The van der Waals surface area contributed by atoms with Crippen molar-refractivity contribution in [2.24, 2.45) is 0 Å². The van der Waals surface area contributed by atoms with Crippen molar-refractivity contribution in [3.05, 3.63) is 93.4 Å². The van der Waals surface area contributed by atoms with Gasteiger partial charge in [-0.15, -0.1) is 0 Å². The molecule has 1 aliphatic rings. The van der Waals surface area contributed by atoms with Gasteiger partial charge in [0, 0.05) is 22.7 Å². The Labute approximate surface area is 211 Å². The molecule has 0 aliphatic carbocycles. The number of carbonyl (C=O) groups is 1. The zero-order chi connectivity index (χ0) is 25.6. The van der Waals surface area contributed by atoms with E-state index >= 15 is 0 Å². The van der Waals surface area contributed by atoms with E-state index in [4.69, 9.17) is 16.3 Å². The molecule has 3 aromatic carbocycles. The molecule has 9 heteroatoms. The van der Waals surface area contributed by atoms with E-state index in [-0.39, 0.29) is 41.2 Å². The summed E-state index contributed by atoms with van der Waals surface area (Å²) in [5, 5.41) is 28.6. The Bertz CT molecular complexity index is 1470. The van der Waals surface area contributed by atoms with Crippen LogP contribution < -0.4 is 4.74 Å². The highest BCUT2D eigenvalue weighted by molar-refractivity contribution is 6.31. The Hall–Kier alpha value is -4.04. The third-order valence-electron chi connectivity index (χ3n) is 6.26. The molecule has 1 aromatic heterocycles. The summed E-state index contributed by atoms with van der Waals surface area (Å²) in [6.07, 6.45) is 0. The molecular formula is C27H23ClFN3O4. The van der Waals surface area contributed by atoms with Crippen LogP contribution in [0.25, 0.3) is 11.3 Å². The second kappa shape index (κ2) is 9.20. The monoisotopic (exact) mass is 507 g/mol. The van der Waals surface area contributed by atoms with E-state index in [1.807, 2.05) is 6.92 Å². The molecule has 36 heavy (non-hydrogen) atoms. The Morgan fingerprint density at radius 1 is 1.11 bits per heavy atom. The number of hydrogen-bond acceptors (Lipinski definition) is 5. The van der Waals surface area contributed by atoms with E-state index in [9.17, 15) is 19.4 Å². The van der Waals surface area contributed by atoms with Crippen LogP contribution in [-0.4, -0.2) is 37.8 Å². The number of phenolic OH excluding ortho intramolecular Hbond substituents is 2. The van der Waals surface area contributed by atoms with Crippen molar-refractivity contribution in [3.8, 4) is 28.5 Å². The molecule has 1 unspecified atom stereocenters. The Balaban J connectivity index is 1.68. The fraction of sp³-hybridized carbons (Fsp3) is 0.185.